The van der Waals surface area contributed by atoms with Gasteiger partial charge in [-0.2, -0.15) is 0 Å². The van der Waals surface area contributed by atoms with E-state index in [-0.39, 0.29) is 24.1 Å². The zero-order valence-electron chi connectivity index (χ0n) is 11.2. The quantitative estimate of drug-likeness (QED) is 0.780. The van der Waals surface area contributed by atoms with E-state index in [2.05, 4.69) is 0 Å². The third kappa shape index (κ3) is 2.60. The van der Waals surface area contributed by atoms with Crippen molar-refractivity contribution in [2.75, 3.05) is 0 Å². The van der Waals surface area contributed by atoms with Crippen LogP contribution in [-0.4, -0.2) is 39.8 Å². The molecule has 2 fully saturated rings. The van der Waals surface area contributed by atoms with Crippen molar-refractivity contribution < 1.29 is 19.4 Å². The highest BCUT2D eigenvalue weighted by Crippen LogP contribution is 2.39. The number of hydrogen-bond acceptors (Lipinski definition) is 3. The number of carboxylic acid groups (broad SMARTS) is 1. The summed E-state index contributed by atoms with van der Waals surface area (Å²) in [6, 6.07) is 0.0828. The van der Waals surface area contributed by atoms with Crippen LogP contribution in [-0.2, 0) is 9.53 Å². The van der Waals surface area contributed by atoms with Crippen LogP contribution in [0.25, 0.3) is 0 Å². The average molecular weight is 255 g/mol. The molecule has 3 atom stereocenters. The van der Waals surface area contributed by atoms with E-state index in [9.17, 15) is 9.59 Å². The van der Waals surface area contributed by atoms with Crippen molar-refractivity contribution in [1.29, 1.82) is 0 Å². The van der Waals surface area contributed by atoms with Gasteiger partial charge in [-0.25, -0.2) is 4.79 Å². The summed E-state index contributed by atoms with van der Waals surface area (Å²) in [5.41, 5.74) is -0.500. The Balaban J connectivity index is 2.05. The SMILES string of the molecule is CC(C)(C)OC(=O)N1C2CC[C@H]1CC(C(=O)O)C2. The number of rotatable bonds is 1. The van der Waals surface area contributed by atoms with Crippen molar-refractivity contribution in [2.45, 2.75) is 64.1 Å². The Morgan fingerprint density at radius 1 is 1.17 bits per heavy atom. The summed E-state index contributed by atoms with van der Waals surface area (Å²) in [6.45, 7) is 5.53. The van der Waals surface area contributed by atoms with Gasteiger partial charge in [0, 0.05) is 12.1 Å². The molecule has 0 spiro atoms. The summed E-state index contributed by atoms with van der Waals surface area (Å²) < 4.78 is 5.39. The van der Waals surface area contributed by atoms with Gasteiger partial charge in [0.25, 0.3) is 0 Å². The number of fused-ring (bicyclic) bond motifs is 2. The molecule has 18 heavy (non-hydrogen) atoms. The topological polar surface area (TPSA) is 66.8 Å². The third-order valence-electron chi connectivity index (χ3n) is 3.69. The lowest BCUT2D eigenvalue weighted by atomic mass is 9.91. The molecule has 102 valence electrons. The van der Waals surface area contributed by atoms with Gasteiger partial charge in [0.15, 0.2) is 0 Å². The molecule has 0 aromatic heterocycles. The fourth-order valence-corrected chi connectivity index (χ4v) is 2.99. The number of amides is 1. The van der Waals surface area contributed by atoms with E-state index < -0.39 is 11.6 Å². The second-order valence-electron chi connectivity index (χ2n) is 6.28. The van der Waals surface area contributed by atoms with E-state index in [0.29, 0.717) is 12.8 Å². The smallest absolute Gasteiger partial charge is 0.410 e. The lowest BCUT2D eigenvalue weighted by molar-refractivity contribution is -0.144. The molecule has 2 unspecified atom stereocenters. The molecule has 1 amide bonds. The van der Waals surface area contributed by atoms with Crippen LogP contribution < -0.4 is 0 Å². The summed E-state index contributed by atoms with van der Waals surface area (Å²) in [4.78, 5) is 24.9. The Kier molecular flexibility index (Phi) is 3.25. The Morgan fingerprint density at radius 2 is 1.67 bits per heavy atom. The van der Waals surface area contributed by atoms with Crippen molar-refractivity contribution in [2.24, 2.45) is 5.92 Å². The number of piperidine rings is 1. The third-order valence-corrected chi connectivity index (χ3v) is 3.69. The van der Waals surface area contributed by atoms with E-state index >= 15 is 0 Å². The molecule has 0 saturated carbocycles. The first-order valence-corrected chi connectivity index (χ1v) is 6.52. The molecule has 0 aliphatic carbocycles. The van der Waals surface area contributed by atoms with Crippen molar-refractivity contribution in [3.05, 3.63) is 0 Å². The van der Waals surface area contributed by atoms with Crippen LogP contribution in [0.2, 0.25) is 0 Å². The maximum atomic E-state index is 12.1. The van der Waals surface area contributed by atoms with Crippen molar-refractivity contribution in [3.63, 3.8) is 0 Å². The molecule has 0 aromatic rings. The van der Waals surface area contributed by atoms with E-state index in [1.807, 2.05) is 20.8 Å². The minimum Gasteiger partial charge on any atom is -0.481 e. The van der Waals surface area contributed by atoms with Crippen LogP contribution in [0, 0.1) is 5.92 Å². The van der Waals surface area contributed by atoms with E-state index in [1.54, 1.807) is 4.90 Å². The lowest BCUT2D eigenvalue weighted by Crippen LogP contribution is -2.49. The number of carboxylic acids is 1. The minimum absolute atomic E-state index is 0.0414. The molecule has 5 heteroatoms. The van der Waals surface area contributed by atoms with Gasteiger partial charge in [-0.15, -0.1) is 0 Å². The summed E-state index contributed by atoms with van der Waals surface area (Å²) in [6.07, 6.45) is 2.62. The van der Waals surface area contributed by atoms with Gasteiger partial charge < -0.3 is 14.7 Å². The van der Waals surface area contributed by atoms with Gasteiger partial charge in [0.1, 0.15) is 5.60 Å². The first kappa shape index (κ1) is 13.2. The van der Waals surface area contributed by atoms with Gasteiger partial charge in [-0.05, 0) is 46.5 Å². The predicted octanol–water partition coefficient (Wildman–Crippen LogP) is 2.25. The fraction of sp³-hybridized carbons (Fsp3) is 0.846. The highest BCUT2D eigenvalue weighted by molar-refractivity contribution is 5.73. The molecular formula is C13H21NO4. The second kappa shape index (κ2) is 4.44. The lowest BCUT2D eigenvalue weighted by Gasteiger charge is -2.38. The number of nitrogens with zero attached hydrogens (tertiary/aromatic N) is 1. The van der Waals surface area contributed by atoms with Gasteiger partial charge in [0.2, 0.25) is 0 Å². The van der Waals surface area contributed by atoms with Crippen LogP contribution in [0.3, 0.4) is 0 Å². The van der Waals surface area contributed by atoms with Crippen molar-refractivity contribution in [1.82, 2.24) is 4.90 Å². The molecule has 1 N–H and O–H groups in total. The number of carbonyl (C=O) groups excluding carboxylic acids is 1. The van der Waals surface area contributed by atoms with Gasteiger partial charge in [-0.3, -0.25) is 4.79 Å². The minimum atomic E-state index is -0.740. The molecule has 2 saturated heterocycles. The van der Waals surface area contributed by atoms with Crippen LogP contribution >= 0.6 is 0 Å². The van der Waals surface area contributed by atoms with Gasteiger partial charge in [0.05, 0.1) is 5.92 Å². The molecule has 2 heterocycles. The van der Waals surface area contributed by atoms with Gasteiger partial charge >= 0.3 is 12.1 Å². The summed E-state index contributed by atoms with van der Waals surface area (Å²) in [5.74, 6) is -1.04. The normalized spacial score (nSPS) is 31.3. The highest BCUT2D eigenvalue weighted by atomic mass is 16.6. The number of hydrogen-bond donors (Lipinski definition) is 1. The fourth-order valence-electron chi connectivity index (χ4n) is 2.99. The summed E-state index contributed by atoms with van der Waals surface area (Å²) in [7, 11) is 0. The highest BCUT2D eigenvalue weighted by Gasteiger charge is 2.46. The Hall–Kier alpha value is -1.26. The Bertz CT molecular complexity index is 346. The van der Waals surface area contributed by atoms with E-state index in [1.165, 1.54) is 0 Å². The summed E-state index contributed by atoms with van der Waals surface area (Å²) in [5, 5.41) is 9.08. The molecule has 5 nitrogen and oxygen atoms in total. The molecule has 2 bridgehead atoms. The van der Waals surface area contributed by atoms with Crippen LogP contribution in [0.5, 0.6) is 0 Å². The molecule has 2 rings (SSSR count). The first-order valence-electron chi connectivity index (χ1n) is 6.52. The van der Waals surface area contributed by atoms with Crippen LogP contribution in [0.15, 0.2) is 0 Å². The van der Waals surface area contributed by atoms with Crippen molar-refractivity contribution >= 4 is 12.1 Å². The second-order valence-corrected chi connectivity index (χ2v) is 6.28. The number of carbonyl (C=O) groups is 2. The zero-order valence-corrected chi connectivity index (χ0v) is 11.2. The molecule has 2 aliphatic rings. The predicted molar refractivity (Wildman–Crippen MR) is 65.2 cm³/mol. The Labute approximate surface area is 107 Å². The summed E-state index contributed by atoms with van der Waals surface area (Å²) >= 11 is 0. The average Bonchev–Trinajstić information content (AvgIpc) is 2.47. The van der Waals surface area contributed by atoms with Crippen LogP contribution in [0.1, 0.15) is 46.5 Å². The Morgan fingerprint density at radius 3 is 2.06 bits per heavy atom. The van der Waals surface area contributed by atoms with Gasteiger partial charge in [-0.1, -0.05) is 0 Å². The standard InChI is InChI=1S/C13H21NO4/c1-13(2,3)18-12(17)14-9-4-5-10(14)7-8(6-9)11(15)16/h8-10H,4-7H2,1-3H3,(H,15,16)/t8?,9-,10?/m0/s1. The molecule has 0 radical (unpaired) electrons. The first-order chi connectivity index (χ1) is 8.28. The molecule has 0 aromatic carbocycles. The van der Waals surface area contributed by atoms with E-state index in [0.717, 1.165) is 12.8 Å². The number of aliphatic carboxylic acids is 1. The van der Waals surface area contributed by atoms with Crippen LogP contribution in [0.4, 0.5) is 4.79 Å². The molecule has 2 aliphatic heterocycles. The maximum Gasteiger partial charge on any atom is 0.410 e. The molecular weight excluding hydrogens is 234 g/mol. The monoisotopic (exact) mass is 255 g/mol. The zero-order chi connectivity index (χ0) is 13.5. The van der Waals surface area contributed by atoms with E-state index in [4.69, 9.17) is 9.84 Å². The number of ether oxygens (including phenoxy) is 1. The van der Waals surface area contributed by atoms with Crippen molar-refractivity contribution in [3.8, 4) is 0 Å². The maximum absolute atomic E-state index is 12.1. The largest absolute Gasteiger partial charge is 0.481 e.